The summed E-state index contributed by atoms with van der Waals surface area (Å²) < 4.78 is 33.6. The monoisotopic (exact) mass is 416 g/mol. The van der Waals surface area contributed by atoms with E-state index >= 15 is 0 Å². The van der Waals surface area contributed by atoms with Crippen LogP contribution in [-0.2, 0) is 23.2 Å². The van der Waals surface area contributed by atoms with Gasteiger partial charge in [-0.15, -0.1) is 0 Å². The second-order valence-electron chi connectivity index (χ2n) is 6.82. The van der Waals surface area contributed by atoms with E-state index < -0.39 is 12.1 Å². The number of aryl methyl sites for hydroxylation is 1. The molecule has 0 unspecified atom stereocenters. The number of carboxylic acid groups (broad SMARTS) is 1. The number of aromatic nitrogens is 2. The van der Waals surface area contributed by atoms with Crippen LogP contribution < -0.4 is 4.90 Å². The van der Waals surface area contributed by atoms with Gasteiger partial charge in [-0.05, 0) is 11.4 Å². The van der Waals surface area contributed by atoms with Crippen LogP contribution in [0.2, 0.25) is 0 Å². The number of halogens is 3. The van der Waals surface area contributed by atoms with Crippen molar-refractivity contribution in [2.24, 2.45) is 18.9 Å². The largest absolute Gasteiger partial charge is 0.490 e. The lowest BCUT2D eigenvalue weighted by atomic mass is 10.0. The Morgan fingerprint density at radius 3 is 2.57 bits per heavy atom. The van der Waals surface area contributed by atoms with E-state index in [0.29, 0.717) is 11.8 Å². The highest BCUT2D eigenvalue weighted by Crippen LogP contribution is 2.36. The fraction of sp³-hybridized carbons (Fsp3) is 0.471. The maximum atomic E-state index is 12.6. The zero-order valence-electron chi connectivity index (χ0n) is 15.0. The molecule has 2 aliphatic heterocycles. The summed E-state index contributed by atoms with van der Waals surface area (Å²) in [6.07, 6.45) is -1.12. The molecule has 0 saturated carbocycles. The number of hydrogen-bond donors (Lipinski definition) is 1. The Kier molecular flexibility index (Phi) is 5.75. The maximum absolute atomic E-state index is 12.6. The van der Waals surface area contributed by atoms with Crippen LogP contribution in [0, 0.1) is 11.8 Å². The third-order valence-corrected chi connectivity index (χ3v) is 5.41. The maximum Gasteiger partial charge on any atom is 0.490 e. The van der Waals surface area contributed by atoms with Crippen molar-refractivity contribution in [1.29, 1.82) is 0 Å². The van der Waals surface area contributed by atoms with Gasteiger partial charge in [0.2, 0.25) is 5.91 Å². The molecular formula is C17H19F3N4O3S. The van der Waals surface area contributed by atoms with Crippen molar-refractivity contribution in [3.63, 3.8) is 0 Å². The summed E-state index contributed by atoms with van der Waals surface area (Å²) in [6.45, 7) is 3.64. The second kappa shape index (κ2) is 7.92. The van der Waals surface area contributed by atoms with Gasteiger partial charge in [-0.1, -0.05) is 0 Å². The first-order chi connectivity index (χ1) is 13.1. The lowest BCUT2D eigenvalue weighted by molar-refractivity contribution is -0.192. The van der Waals surface area contributed by atoms with Gasteiger partial charge >= 0.3 is 12.1 Å². The molecular weight excluding hydrogens is 397 g/mol. The van der Waals surface area contributed by atoms with Crippen molar-refractivity contribution in [1.82, 2.24) is 14.7 Å². The van der Waals surface area contributed by atoms with Crippen molar-refractivity contribution in [2.45, 2.75) is 12.7 Å². The molecule has 1 N–H and O–H groups in total. The number of thiophene rings is 1. The van der Waals surface area contributed by atoms with Gasteiger partial charge in [0.1, 0.15) is 0 Å². The quantitative estimate of drug-likeness (QED) is 0.830. The first-order valence-corrected chi connectivity index (χ1v) is 9.43. The van der Waals surface area contributed by atoms with E-state index in [0.717, 1.165) is 31.9 Å². The molecule has 2 fully saturated rings. The highest BCUT2D eigenvalue weighted by atomic mass is 32.1. The highest BCUT2D eigenvalue weighted by molar-refractivity contribution is 7.08. The number of carbonyl (C=O) groups is 2. The van der Waals surface area contributed by atoms with Gasteiger partial charge in [-0.3, -0.25) is 14.4 Å². The van der Waals surface area contributed by atoms with Crippen LogP contribution in [0.5, 0.6) is 0 Å². The Morgan fingerprint density at radius 1 is 1.36 bits per heavy atom. The predicted octanol–water partition coefficient (Wildman–Crippen LogP) is 2.21. The van der Waals surface area contributed by atoms with Gasteiger partial charge < -0.3 is 10.0 Å². The number of anilines is 1. The molecule has 2 aromatic rings. The van der Waals surface area contributed by atoms with Crippen LogP contribution in [0.4, 0.5) is 18.9 Å². The molecule has 0 radical (unpaired) electrons. The molecule has 28 heavy (non-hydrogen) atoms. The lowest BCUT2D eigenvalue weighted by Crippen LogP contribution is -2.32. The van der Waals surface area contributed by atoms with Crippen molar-refractivity contribution < 1.29 is 27.9 Å². The minimum Gasteiger partial charge on any atom is -0.475 e. The molecule has 0 bridgehead atoms. The molecule has 7 nitrogen and oxygen atoms in total. The molecule has 1 amide bonds. The summed E-state index contributed by atoms with van der Waals surface area (Å²) in [7, 11) is 1.93. The molecule has 2 atom stereocenters. The lowest BCUT2D eigenvalue weighted by Gasteiger charge is -2.20. The average molecular weight is 416 g/mol. The van der Waals surface area contributed by atoms with Crippen molar-refractivity contribution >= 4 is 28.9 Å². The average Bonchev–Trinajstić information content (AvgIpc) is 3.35. The third kappa shape index (κ3) is 4.53. The Bertz CT molecular complexity index is 837. The number of hydrogen-bond acceptors (Lipinski definition) is 5. The van der Waals surface area contributed by atoms with Gasteiger partial charge in [0.15, 0.2) is 0 Å². The zero-order valence-corrected chi connectivity index (χ0v) is 15.8. The van der Waals surface area contributed by atoms with Gasteiger partial charge in [-0.25, -0.2) is 4.79 Å². The molecule has 2 aromatic heterocycles. The number of carbonyl (C=O) groups excluding carboxylic acids is 1. The number of rotatable bonds is 3. The van der Waals surface area contributed by atoms with E-state index in [1.807, 2.05) is 40.5 Å². The summed E-state index contributed by atoms with van der Waals surface area (Å²) in [4.78, 5) is 25.8. The van der Waals surface area contributed by atoms with Crippen LogP contribution in [0.3, 0.4) is 0 Å². The van der Waals surface area contributed by atoms with Crippen LogP contribution in [-0.4, -0.2) is 57.5 Å². The molecule has 0 spiro atoms. The van der Waals surface area contributed by atoms with Gasteiger partial charge in [-0.2, -0.15) is 29.6 Å². The summed E-state index contributed by atoms with van der Waals surface area (Å²) in [5.41, 5.74) is 2.29. The molecule has 152 valence electrons. The number of alkyl halides is 3. The van der Waals surface area contributed by atoms with E-state index in [4.69, 9.17) is 9.90 Å². The minimum absolute atomic E-state index is 0.168. The van der Waals surface area contributed by atoms with Gasteiger partial charge in [0.05, 0.1) is 17.8 Å². The fourth-order valence-electron chi connectivity index (χ4n) is 3.53. The Labute approximate surface area is 163 Å². The Hall–Kier alpha value is -2.40. The Balaban J connectivity index is 0.000000279. The predicted molar refractivity (Wildman–Crippen MR) is 95.8 cm³/mol. The molecule has 2 saturated heterocycles. The summed E-state index contributed by atoms with van der Waals surface area (Å²) in [5.74, 6) is -1.82. The number of likely N-dealkylation sites (tertiary alicyclic amines) is 1. The van der Waals surface area contributed by atoms with E-state index in [1.54, 1.807) is 11.3 Å². The smallest absolute Gasteiger partial charge is 0.475 e. The number of amides is 1. The van der Waals surface area contributed by atoms with E-state index in [1.165, 1.54) is 5.56 Å². The molecule has 4 rings (SSSR count). The fourth-order valence-corrected chi connectivity index (χ4v) is 4.18. The normalized spacial score (nSPS) is 22.1. The van der Waals surface area contributed by atoms with Crippen molar-refractivity contribution in [3.05, 3.63) is 34.8 Å². The van der Waals surface area contributed by atoms with Crippen LogP contribution >= 0.6 is 11.3 Å². The Morgan fingerprint density at radius 2 is 2.07 bits per heavy atom. The zero-order chi connectivity index (χ0) is 20.5. The van der Waals surface area contributed by atoms with E-state index in [-0.39, 0.29) is 5.92 Å². The molecule has 11 heteroatoms. The summed E-state index contributed by atoms with van der Waals surface area (Å²) >= 11 is 1.65. The third-order valence-electron chi connectivity index (χ3n) is 4.74. The first-order valence-electron chi connectivity index (χ1n) is 8.48. The number of fused-ring (bicyclic) bond motifs is 1. The SMILES string of the molecule is Cn1cc(CN2C[C@H]3CN(c4ccsc4)C(=O)[C@H]3C2)cn1.O=C(O)C(F)(F)F. The summed E-state index contributed by atoms with van der Waals surface area (Å²) in [6, 6.07) is 2.04. The van der Waals surface area contributed by atoms with Crippen molar-refractivity contribution in [3.8, 4) is 0 Å². The topological polar surface area (TPSA) is 78.7 Å². The first kappa shape index (κ1) is 20.3. The van der Waals surface area contributed by atoms with E-state index in [9.17, 15) is 18.0 Å². The van der Waals surface area contributed by atoms with Crippen LogP contribution in [0.25, 0.3) is 0 Å². The van der Waals surface area contributed by atoms with Crippen LogP contribution in [0.15, 0.2) is 29.2 Å². The van der Waals surface area contributed by atoms with Gasteiger partial charge in [0, 0.05) is 56.3 Å². The highest BCUT2D eigenvalue weighted by Gasteiger charge is 2.46. The summed E-state index contributed by atoms with van der Waals surface area (Å²) in [5, 5.41) is 15.4. The number of aliphatic carboxylic acids is 1. The molecule has 4 heterocycles. The molecule has 0 aliphatic carbocycles. The second-order valence-corrected chi connectivity index (χ2v) is 7.60. The van der Waals surface area contributed by atoms with Crippen molar-refractivity contribution in [2.75, 3.05) is 24.5 Å². The number of nitrogens with zero attached hydrogens (tertiary/aromatic N) is 4. The van der Waals surface area contributed by atoms with Gasteiger partial charge in [0.25, 0.3) is 0 Å². The standard InChI is InChI=1S/C15H18N4OS.C2HF3O2/c1-17-5-11(4-16-17)6-18-7-12-8-19(13-2-3-21-10-13)15(20)14(12)9-18;3-2(4,5)1(6)7/h2-5,10,12,14H,6-9H2,1H3;(H,6,7)/t12-,14-;/m0./s1. The van der Waals surface area contributed by atoms with Crippen LogP contribution in [0.1, 0.15) is 5.56 Å². The molecule has 0 aromatic carbocycles. The molecule has 2 aliphatic rings. The van der Waals surface area contributed by atoms with E-state index in [2.05, 4.69) is 15.4 Å². The number of carboxylic acids is 1. The minimum atomic E-state index is -5.08.